The van der Waals surface area contributed by atoms with Gasteiger partial charge in [-0.15, -0.1) is 0 Å². The van der Waals surface area contributed by atoms with Gasteiger partial charge in [0.25, 0.3) is 5.91 Å². The van der Waals surface area contributed by atoms with Gasteiger partial charge in [0.1, 0.15) is 12.2 Å². The Morgan fingerprint density at radius 1 is 1.25 bits per heavy atom. The fourth-order valence-corrected chi connectivity index (χ4v) is 2.50. The summed E-state index contributed by atoms with van der Waals surface area (Å²) >= 11 is 0. The number of carboxylic acid groups (broad SMARTS) is 1. The van der Waals surface area contributed by atoms with Crippen molar-refractivity contribution in [3.63, 3.8) is 0 Å². The number of aliphatic carboxylic acids is 1. The van der Waals surface area contributed by atoms with Gasteiger partial charge in [-0.1, -0.05) is 0 Å². The summed E-state index contributed by atoms with van der Waals surface area (Å²) in [6.45, 7) is 7.22. The lowest BCUT2D eigenvalue weighted by Crippen LogP contribution is -2.51. The number of carbonyl (C=O) groups is 2. The normalized spacial score (nSPS) is 16.6. The number of nitrogens with zero attached hydrogens (tertiary/aromatic N) is 3. The second-order valence-corrected chi connectivity index (χ2v) is 5.34. The minimum absolute atomic E-state index is 0.0837. The summed E-state index contributed by atoms with van der Waals surface area (Å²) in [6, 6.07) is 3.88. The molecule has 0 unspecified atom stereocenters. The number of aromatic nitrogens is 1. The maximum absolute atomic E-state index is 12.4. The Labute approximate surface area is 118 Å². The van der Waals surface area contributed by atoms with Crippen LogP contribution in [0.25, 0.3) is 0 Å². The second kappa shape index (κ2) is 6.09. The Bertz CT molecular complexity index is 488. The number of carbonyl (C=O) groups excluding carboxylic acids is 1. The molecule has 0 bridgehead atoms. The van der Waals surface area contributed by atoms with Crippen LogP contribution in [0.4, 0.5) is 0 Å². The molecule has 1 aromatic heterocycles. The SMILES string of the molecule is CC(C)N1CCN(C(=O)c2cccn2CC(=O)O)CC1. The van der Waals surface area contributed by atoms with Crippen LogP contribution in [0, 0.1) is 0 Å². The van der Waals surface area contributed by atoms with Gasteiger partial charge in [-0.05, 0) is 26.0 Å². The average Bonchev–Trinajstić information content (AvgIpc) is 2.85. The number of piperazine rings is 1. The molecule has 20 heavy (non-hydrogen) atoms. The van der Waals surface area contributed by atoms with Crippen LogP contribution in [-0.4, -0.2) is 63.6 Å². The molecule has 1 saturated heterocycles. The van der Waals surface area contributed by atoms with Crippen molar-refractivity contribution in [2.75, 3.05) is 26.2 Å². The van der Waals surface area contributed by atoms with Crippen molar-refractivity contribution in [2.24, 2.45) is 0 Å². The minimum Gasteiger partial charge on any atom is -0.480 e. The van der Waals surface area contributed by atoms with E-state index in [9.17, 15) is 9.59 Å². The molecule has 6 heteroatoms. The van der Waals surface area contributed by atoms with Crippen molar-refractivity contribution in [1.29, 1.82) is 0 Å². The summed E-state index contributed by atoms with van der Waals surface area (Å²) in [5, 5.41) is 8.85. The molecule has 1 aliphatic heterocycles. The van der Waals surface area contributed by atoms with Crippen LogP contribution in [0.15, 0.2) is 18.3 Å². The van der Waals surface area contributed by atoms with Crippen LogP contribution in [-0.2, 0) is 11.3 Å². The Balaban J connectivity index is 2.02. The summed E-state index contributed by atoms with van der Waals surface area (Å²) in [5.41, 5.74) is 0.449. The van der Waals surface area contributed by atoms with E-state index in [1.807, 2.05) is 0 Å². The Hall–Kier alpha value is -1.82. The lowest BCUT2D eigenvalue weighted by molar-refractivity contribution is -0.137. The predicted molar refractivity (Wildman–Crippen MR) is 74.7 cm³/mol. The quantitative estimate of drug-likeness (QED) is 0.883. The van der Waals surface area contributed by atoms with Crippen LogP contribution in [0.3, 0.4) is 0 Å². The fraction of sp³-hybridized carbons (Fsp3) is 0.571. The summed E-state index contributed by atoms with van der Waals surface area (Å²) in [6.07, 6.45) is 1.63. The van der Waals surface area contributed by atoms with E-state index in [1.165, 1.54) is 4.57 Å². The highest BCUT2D eigenvalue weighted by atomic mass is 16.4. The smallest absolute Gasteiger partial charge is 0.323 e. The first-order chi connectivity index (χ1) is 9.49. The van der Waals surface area contributed by atoms with Gasteiger partial charge in [-0.25, -0.2) is 0 Å². The summed E-state index contributed by atoms with van der Waals surface area (Å²) in [4.78, 5) is 27.3. The van der Waals surface area contributed by atoms with Gasteiger partial charge >= 0.3 is 5.97 Å². The van der Waals surface area contributed by atoms with Crippen LogP contribution in [0.2, 0.25) is 0 Å². The molecule has 6 nitrogen and oxygen atoms in total. The molecule has 0 aliphatic carbocycles. The standard InChI is InChI=1S/C14H21N3O3/c1-11(2)15-6-8-16(9-7-15)14(20)12-4-3-5-17(12)10-13(18)19/h3-5,11H,6-10H2,1-2H3,(H,18,19). The first-order valence-corrected chi connectivity index (χ1v) is 6.89. The van der Waals surface area contributed by atoms with Crippen LogP contribution < -0.4 is 0 Å². The predicted octanol–water partition coefficient (Wildman–Crippen LogP) is 0.739. The molecular formula is C14H21N3O3. The molecule has 0 aromatic carbocycles. The number of rotatable bonds is 4. The number of amides is 1. The summed E-state index contributed by atoms with van der Waals surface area (Å²) < 4.78 is 1.49. The third-order valence-corrected chi connectivity index (χ3v) is 3.69. The molecule has 2 heterocycles. The van der Waals surface area contributed by atoms with Gasteiger partial charge < -0.3 is 14.6 Å². The van der Waals surface area contributed by atoms with E-state index in [2.05, 4.69) is 18.7 Å². The average molecular weight is 279 g/mol. The molecule has 0 spiro atoms. The highest BCUT2D eigenvalue weighted by molar-refractivity contribution is 5.93. The van der Waals surface area contributed by atoms with Gasteiger partial charge in [-0.3, -0.25) is 14.5 Å². The Morgan fingerprint density at radius 3 is 2.45 bits per heavy atom. The number of hydrogen-bond donors (Lipinski definition) is 1. The molecule has 2 rings (SSSR count). The molecule has 1 fully saturated rings. The zero-order chi connectivity index (χ0) is 14.7. The van der Waals surface area contributed by atoms with E-state index < -0.39 is 5.97 Å². The lowest BCUT2D eigenvalue weighted by atomic mass is 10.2. The van der Waals surface area contributed by atoms with Crippen molar-refractivity contribution in [1.82, 2.24) is 14.4 Å². The monoisotopic (exact) mass is 279 g/mol. The van der Waals surface area contributed by atoms with Gasteiger partial charge in [0.2, 0.25) is 0 Å². The van der Waals surface area contributed by atoms with Crippen molar-refractivity contribution >= 4 is 11.9 Å². The minimum atomic E-state index is -0.945. The number of hydrogen-bond acceptors (Lipinski definition) is 3. The second-order valence-electron chi connectivity index (χ2n) is 5.34. The van der Waals surface area contributed by atoms with Crippen molar-refractivity contribution in [3.8, 4) is 0 Å². The van der Waals surface area contributed by atoms with Gasteiger partial charge in [0.15, 0.2) is 0 Å². The van der Waals surface area contributed by atoms with Crippen molar-refractivity contribution < 1.29 is 14.7 Å². The molecule has 1 aliphatic rings. The topological polar surface area (TPSA) is 65.8 Å². The lowest BCUT2D eigenvalue weighted by Gasteiger charge is -2.37. The van der Waals surface area contributed by atoms with E-state index in [0.717, 1.165) is 13.1 Å². The molecule has 1 amide bonds. The first-order valence-electron chi connectivity index (χ1n) is 6.89. The Morgan fingerprint density at radius 2 is 1.90 bits per heavy atom. The molecule has 0 saturated carbocycles. The fourth-order valence-electron chi connectivity index (χ4n) is 2.50. The van der Waals surface area contributed by atoms with Crippen LogP contribution in [0.5, 0.6) is 0 Å². The van der Waals surface area contributed by atoms with Crippen molar-refractivity contribution in [3.05, 3.63) is 24.0 Å². The van der Waals surface area contributed by atoms with Gasteiger partial charge in [0.05, 0.1) is 0 Å². The third-order valence-electron chi connectivity index (χ3n) is 3.69. The highest BCUT2D eigenvalue weighted by Gasteiger charge is 2.25. The molecule has 0 atom stereocenters. The van der Waals surface area contributed by atoms with E-state index in [0.29, 0.717) is 24.8 Å². The maximum Gasteiger partial charge on any atom is 0.323 e. The van der Waals surface area contributed by atoms with E-state index in [1.54, 1.807) is 23.2 Å². The largest absolute Gasteiger partial charge is 0.480 e. The summed E-state index contributed by atoms with van der Waals surface area (Å²) in [5.74, 6) is -1.03. The zero-order valence-corrected chi connectivity index (χ0v) is 12.0. The number of carboxylic acids is 1. The van der Waals surface area contributed by atoms with E-state index in [-0.39, 0.29) is 12.5 Å². The molecule has 110 valence electrons. The van der Waals surface area contributed by atoms with E-state index >= 15 is 0 Å². The first kappa shape index (κ1) is 14.6. The van der Waals surface area contributed by atoms with Crippen LogP contribution >= 0.6 is 0 Å². The van der Waals surface area contributed by atoms with Gasteiger partial charge in [-0.2, -0.15) is 0 Å². The van der Waals surface area contributed by atoms with E-state index in [4.69, 9.17) is 5.11 Å². The van der Waals surface area contributed by atoms with Gasteiger partial charge in [0, 0.05) is 38.4 Å². The highest BCUT2D eigenvalue weighted by Crippen LogP contribution is 2.11. The maximum atomic E-state index is 12.4. The molecular weight excluding hydrogens is 258 g/mol. The zero-order valence-electron chi connectivity index (χ0n) is 12.0. The molecule has 0 radical (unpaired) electrons. The third kappa shape index (κ3) is 3.19. The van der Waals surface area contributed by atoms with Crippen LogP contribution in [0.1, 0.15) is 24.3 Å². The molecule has 1 aromatic rings. The molecule has 1 N–H and O–H groups in total. The van der Waals surface area contributed by atoms with Crippen molar-refractivity contribution in [2.45, 2.75) is 26.4 Å². The Kier molecular flexibility index (Phi) is 4.44. The summed E-state index contributed by atoms with van der Waals surface area (Å²) in [7, 11) is 0.